The van der Waals surface area contributed by atoms with Gasteiger partial charge in [-0.25, -0.2) is 0 Å². The second kappa shape index (κ2) is 10.5. The van der Waals surface area contributed by atoms with E-state index in [1.807, 2.05) is 36.4 Å². The van der Waals surface area contributed by atoms with Gasteiger partial charge in [0.15, 0.2) is 0 Å². The van der Waals surface area contributed by atoms with Gasteiger partial charge in [-0.1, -0.05) is 18.2 Å². The second-order valence-electron chi connectivity index (χ2n) is 6.69. The number of hydrogen-bond donors (Lipinski definition) is 2. The molecule has 0 saturated carbocycles. The molecule has 29 heavy (non-hydrogen) atoms. The minimum atomic E-state index is -0.660. The van der Waals surface area contributed by atoms with E-state index in [1.165, 1.54) is 0 Å². The average molecular weight is 398 g/mol. The Labute approximate surface area is 170 Å². The number of carbonyl (C=O) groups is 2. The van der Waals surface area contributed by atoms with Gasteiger partial charge in [-0.15, -0.1) is 0 Å². The molecule has 1 atom stereocenters. The number of benzene rings is 1. The summed E-state index contributed by atoms with van der Waals surface area (Å²) in [4.78, 5) is 30.9. The van der Waals surface area contributed by atoms with Crippen LogP contribution in [0.3, 0.4) is 0 Å². The molecule has 0 aliphatic carbocycles. The topological polar surface area (TPSA) is 92.8 Å². The van der Waals surface area contributed by atoms with Crippen LogP contribution in [-0.2, 0) is 20.9 Å². The van der Waals surface area contributed by atoms with Crippen LogP contribution in [0, 0.1) is 0 Å². The van der Waals surface area contributed by atoms with Crippen LogP contribution in [0.1, 0.15) is 17.2 Å². The van der Waals surface area contributed by atoms with Gasteiger partial charge in [0.05, 0.1) is 26.4 Å². The van der Waals surface area contributed by atoms with Crippen molar-refractivity contribution in [3.05, 3.63) is 59.9 Å². The first-order valence-corrected chi connectivity index (χ1v) is 9.58. The van der Waals surface area contributed by atoms with Crippen molar-refractivity contribution in [3.8, 4) is 5.75 Å². The quantitative estimate of drug-likeness (QED) is 0.673. The van der Waals surface area contributed by atoms with Crippen molar-refractivity contribution < 1.29 is 19.1 Å². The molecule has 0 spiro atoms. The van der Waals surface area contributed by atoms with Gasteiger partial charge in [-0.05, 0) is 29.3 Å². The standard InChI is InChI=1S/C21H26N4O4/c1-28-18-6-4-16(5-7-18)13-23-20(26)21(27)24-15-19(17-3-2-8-22-14-17)25-9-11-29-12-10-25/h2-8,14,19H,9-13,15H2,1H3,(H,23,26)(H,24,27)/t19-/m0/s1. The molecule has 2 heterocycles. The van der Waals surface area contributed by atoms with Crippen LogP contribution in [0.2, 0.25) is 0 Å². The number of pyridine rings is 1. The third-order valence-corrected chi connectivity index (χ3v) is 4.83. The number of rotatable bonds is 7. The van der Waals surface area contributed by atoms with Crippen LogP contribution in [0.4, 0.5) is 0 Å². The maximum Gasteiger partial charge on any atom is 0.309 e. The molecule has 2 amide bonds. The van der Waals surface area contributed by atoms with Crippen LogP contribution in [0.25, 0.3) is 0 Å². The number of nitrogens with one attached hydrogen (secondary N) is 2. The lowest BCUT2D eigenvalue weighted by atomic mass is 10.1. The summed E-state index contributed by atoms with van der Waals surface area (Å²) in [5.74, 6) is -0.573. The lowest BCUT2D eigenvalue weighted by Gasteiger charge is -2.34. The Morgan fingerprint density at radius 2 is 1.86 bits per heavy atom. The molecule has 154 valence electrons. The van der Waals surface area contributed by atoms with Crippen LogP contribution in [0.15, 0.2) is 48.8 Å². The first kappa shape index (κ1) is 20.8. The third-order valence-electron chi connectivity index (χ3n) is 4.83. The Bertz CT molecular complexity index is 792. The van der Waals surface area contributed by atoms with E-state index in [1.54, 1.807) is 19.5 Å². The monoisotopic (exact) mass is 398 g/mol. The maximum atomic E-state index is 12.3. The van der Waals surface area contributed by atoms with Crippen molar-refractivity contribution in [2.45, 2.75) is 12.6 Å². The largest absolute Gasteiger partial charge is 0.497 e. The van der Waals surface area contributed by atoms with Gasteiger partial charge in [-0.2, -0.15) is 0 Å². The van der Waals surface area contributed by atoms with Crippen molar-refractivity contribution in [1.29, 1.82) is 0 Å². The summed E-state index contributed by atoms with van der Waals surface area (Å²) >= 11 is 0. The molecule has 2 N–H and O–H groups in total. The highest BCUT2D eigenvalue weighted by molar-refractivity contribution is 6.35. The van der Waals surface area contributed by atoms with Gasteiger partial charge in [0.2, 0.25) is 0 Å². The summed E-state index contributed by atoms with van der Waals surface area (Å²) in [6.45, 7) is 3.41. The van der Waals surface area contributed by atoms with E-state index in [0.29, 0.717) is 19.8 Å². The number of carbonyl (C=O) groups excluding carboxylic acids is 2. The van der Waals surface area contributed by atoms with Crippen molar-refractivity contribution in [2.24, 2.45) is 0 Å². The highest BCUT2D eigenvalue weighted by Crippen LogP contribution is 2.20. The number of amides is 2. The van der Waals surface area contributed by atoms with Crippen molar-refractivity contribution in [1.82, 2.24) is 20.5 Å². The molecule has 1 aliphatic heterocycles. The minimum Gasteiger partial charge on any atom is -0.497 e. The van der Waals surface area contributed by atoms with Gasteiger partial charge in [0.25, 0.3) is 0 Å². The van der Waals surface area contributed by atoms with E-state index in [2.05, 4.69) is 20.5 Å². The van der Waals surface area contributed by atoms with Gasteiger partial charge >= 0.3 is 11.8 Å². The van der Waals surface area contributed by atoms with Crippen LogP contribution in [0.5, 0.6) is 5.75 Å². The van der Waals surface area contributed by atoms with Gasteiger partial charge in [0.1, 0.15) is 5.75 Å². The zero-order valence-electron chi connectivity index (χ0n) is 16.5. The molecule has 2 aromatic rings. The molecule has 8 heteroatoms. The smallest absolute Gasteiger partial charge is 0.309 e. The molecule has 1 aliphatic rings. The molecule has 3 rings (SSSR count). The van der Waals surface area contributed by atoms with E-state index in [4.69, 9.17) is 9.47 Å². The van der Waals surface area contributed by atoms with Crippen molar-refractivity contribution in [2.75, 3.05) is 40.0 Å². The Morgan fingerprint density at radius 1 is 1.14 bits per heavy atom. The third kappa shape index (κ3) is 6.00. The molecular weight excluding hydrogens is 372 g/mol. The fourth-order valence-corrected chi connectivity index (χ4v) is 3.20. The predicted octanol–water partition coefficient (Wildman–Crippen LogP) is 0.896. The molecule has 0 radical (unpaired) electrons. The normalized spacial score (nSPS) is 15.3. The summed E-state index contributed by atoms with van der Waals surface area (Å²) in [7, 11) is 1.59. The first-order valence-electron chi connectivity index (χ1n) is 9.58. The highest BCUT2D eigenvalue weighted by atomic mass is 16.5. The maximum absolute atomic E-state index is 12.3. The first-order chi connectivity index (χ1) is 14.2. The number of methoxy groups -OCH3 is 1. The SMILES string of the molecule is COc1ccc(CNC(=O)C(=O)NC[C@@H](c2cccnc2)N2CCOCC2)cc1. The lowest BCUT2D eigenvalue weighted by molar-refractivity contribution is -0.139. The summed E-state index contributed by atoms with van der Waals surface area (Å²) in [5, 5.41) is 5.39. The number of ether oxygens (including phenoxy) is 2. The van der Waals surface area contributed by atoms with Crippen LogP contribution < -0.4 is 15.4 Å². The lowest BCUT2D eigenvalue weighted by Crippen LogP contribution is -2.46. The molecule has 8 nitrogen and oxygen atoms in total. The molecule has 0 bridgehead atoms. The molecule has 1 saturated heterocycles. The summed E-state index contributed by atoms with van der Waals surface area (Å²) in [6, 6.07) is 11.1. The van der Waals surface area contributed by atoms with Gasteiger partial charge < -0.3 is 20.1 Å². The number of hydrogen-bond acceptors (Lipinski definition) is 6. The Balaban J connectivity index is 1.53. The summed E-state index contributed by atoms with van der Waals surface area (Å²) in [6.07, 6.45) is 3.50. The Hall–Kier alpha value is -2.97. The van der Waals surface area contributed by atoms with E-state index >= 15 is 0 Å². The zero-order valence-corrected chi connectivity index (χ0v) is 16.5. The molecular formula is C21H26N4O4. The van der Waals surface area contributed by atoms with Gasteiger partial charge in [0, 0.05) is 38.6 Å². The fourth-order valence-electron chi connectivity index (χ4n) is 3.20. The van der Waals surface area contributed by atoms with Crippen LogP contribution in [-0.4, -0.2) is 61.7 Å². The van der Waals surface area contributed by atoms with Crippen LogP contribution >= 0.6 is 0 Å². The van der Waals surface area contributed by atoms with Gasteiger partial charge in [-0.3, -0.25) is 19.5 Å². The Kier molecular flexibility index (Phi) is 7.54. The number of morpholine rings is 1. The van der Waals surface area contributed by atoms with E-state index in [-0.39, 0.29) is 12.6 Å². The number of nitrogens with zero attached hydrogens (tertiary/aromatic N) is 2. The molecule has 0 unspecified atom stereocenters. The van der Waals surface area contributed by atoms with E-state index in [9.17, 15) is 9.59 Å². The van der Waals surface area contributed by atoms with E-state index < -0.39 is 11.8 Å². The fraction of sp³-hybridized carbons (Fsp3) is 0.381. The van der Waals surface area contributed by atoms with Crippen molar-refractivity contribution in [3.63, 3.8) is 0 Å². The summed E-state index contributed by atoms with van der Waals surface area (Å²) < 4.78 is 10.5. The van der Waals surface area contributed by atoms with E-state index in [0.717, 1.165) is 30.0 Å². The average Bonchev–Trinajstić information content (AvgIpc) is 2.79. The minimum absolute atomic E-state index is 0.0639. The second-order valence-corrected chi connectivity index (χ2v) is 6.69. The molecule has 1 aromatic heterocycles. The predicted molar refractivity (Wildman–Crippen MR) is 107 cm³/mol. The molecule has 1 aromatic carbocycles. The molecule has 1 fully saturated rings. The number of aromatic nitrogens is 1. The Morgan fingerprint density at radius 3 is 2.52 bits per heavy atom. The van der Waals surface area contributed by atoms with Crippen molar-refractivity contribution >= 4 is 11.8 Å². The zero-order chi connectivity index (χ0) is 20.5. The highest BCUT2D eigenvalue weighted by Gasteiger charge is 2.24. The summed E-state index contributed by atoms with van der Waals surface area (Å²) in [5.41, 5.74) is 1.88.